The van der Waals surface area contributed by atoms with E-state index in [4.69, 9.17) is 0 Å². The molecule has 0 amide bonds. The van der Waals surface area contributed by atoms with Crippen LogP contribution in [-0.2, 0) is 6.42 Å². The van der Waals surface area contributed by atoms with Crippen molar-refractivity contribution in [1.29, 1.82) is 0 Å². The van der Waals surface area contributed by atoms with Crippen molar-refractivity contribution in [2.75, 3.05) is 6.54 Å². The topological polar surface area (TPSA) is 12.0 Å². The third kappa shape index (κ3) is 3.64. The molecule has 0 heterocycles. The first kappa shape index (κ1) is 13.2. The monoisotopic (exact) mass is 219 g/mol. The normalized spacial score (nSPS) is 12.8. The van der Waals surface area contributed by atoms with Crippen LogP contribution in [0.4, 0.5) is 0 Å². The maximum atomic E-state index is 3.62. The standard InChI is InChI=1S/C15H25N/c1-5-10-16-14(6-2)11-15-12(3)8-7-9-13(15)4/h7-9,14,16H,5-6,10-11H2,1-4H3. The largest absolute Gasteiger partial charge is 0.314 e. The molecule has 1 rings (SSSR count). The summed E-state index contributed by atoms with van der Waals surface area (Å²) in [6, 6.07) is 7.21. The molecular weight excluding hydrogens is 194 g/mol. The number of hydrogen-bond donors (Lipinski definition) is 1. The van der Waals surface area contributed by atoms with Crippen molar-refractivity contribution >= 4 is 0 Å². The van der Waals surface area contributed by atoms with Crippen LogP contribution in [0.3, 0.4) is 0 Å². The lowest BCUT2D eigenvalue weighted by Gasteiger charge is -2.19. The summed E-state index contributed by atoms with van der Waals surface area (Å²) >= 11 is 0. The molecule has 1 N–H and O–H groups in total. The molecule has 0 saturated carbocycles. The van der Waals surface area contributed by atoms with Crippen molar-refractivity contribution in [3.05, 3.63) is 34.9 Å². The summed E-state index contributed by atoms with van der Waals surface area (Å²) < 4.78 is 0. The fourth-order valence-electron chi connectivity index (χ4n) is 2.13. The molecule has 0 aliphatic carbocycles. The zero-order chi connectivity index (χ0) is 12.0. The molecule has 0 aromatic heterocycles. The highest BCUT2D eigenvalue weighted by Gasteiger charge is 2.09. The van der Waals surface area contributed by atoms with E-state index < -0.39 is 0 Å². The van der Waals surface area contributed by atoms with Crippen LogP contribution in [-0.4, -0.2) is 12.6 Å². The van der Waals surface area contributed by atoms with Gasteiger partial charge in [-0.25, -0.2) is 0 Å². The summed E-state index contributed by atoms with van der Waals surface area (Å²) in [7, 11) is 0. The zero-order valence-electron chi connectivity index (χ0n) is 11.1. The van der Waals surface area contributed by atoms with Crippen LogP contribution in [0.15, 0.2) is 18.2 Å². The van der Waals surface area contributed by atoms with Crippen LogP contribution >= 0.6 is 0 Å². The summed E-state index contributed by atoms with van der Waals surface area (Å²) in [5.41, 5.74) is 4.38. The lowest BCUT2D eigenvalue weighted by atomic mass is 9.95. The zero-order valence-corrected chi connectivity index (χ0v) is 11.1. The number of rotatable bonds is 6. The first-order valence-corrected chi connectivity index (χ1v) is 6.47. The van der Waals surface area contributed by atoms with Crippen LogP contribution in [0.2, 0.25) is 0 Å². The average Bonchev–Trinajstić information content (AvgIpc) is 2.28. The first-order chi connectivity index (χ1) is 7.69. The molecule has 0 saturated heterocycles. The van der Waals surface area contributed by atoms with Gasteiger partial charge in [0.05, 0.1) is 0 Å². The molecule has 0 fully saturated rings. The van der Waals surface area contributed by atoms with Crippen LogP contribution in [0.25, 0.3) is 0 Å². The highest BCUT2D eigenvalue weighted by Crippen LogP contribution is 2.16. The molecule has 0 aliphatic heterocycles. The van der Waals surface area contributed by atoms with Crippen LogP contribution in [0.1, 0.15) is 43.4 Å². The van der Waals surface area contributed by atoms with Gasteiger partial charge >= 0.3 is 0 Å². The highest BCUT2D eigenvalue weighted by atomic mass is 14.9. The molecule has 90 valence electrons. The van der Waals surface area contributed by atoms with E-state index >= 15 is 0 Å². The molecule has 1 aromatic carbocycles. The maximum Gasteiger partial charge on any atom is 0.0105 e. The first-order valence-electron chi connectivity index (χ1n) is 6.47. The summed E-state index contributed by atoms with van der Waals surface area (Å²) in [5, 5.41) is 3.62. The van der Waals surface area contributed by atoms with Crippen molar-refractivity contribution in [3.63, 3.8) is 0 Å². The van der Waals surface area contributed by atoms with Gasteiger partial charge in [-0.2, -0.15) is 0 Å². The van der Waals surface area contributed by atoms with E-state index in [1.54, 1.807) is 0 Å². The second-order valence-corrected chi connectivity index (χ2v) is 4.63. The number of nitrogens with one attached hydrogen (secondary N) is 1. The smallest absolute Gasteiger partial charge is 0.0105 e. The molecule has 0 radical (unpaired) electrons. The Labute approximate surface area is 100 Å². The van der Waals surface area contributed by atoms with Crippen LogP contribution in [0, 0.1) is 13.8 Å². The van der Waals surface area contributed by atoms with Crippen molar-refractivity contribution in [2.45, 2.75) is 53.0 Å². The van der Waals surface area contributed by atoms with Gasteiger partial charge in [0.2, 0.25) is 0 Å². The van der Waals surface area contributed by atoms with Gasteiger partial charge in [0.1, 0.15) is 0 Å². The molecule has 1 atom stereocenters. The molecular formula is C15H25N. The summed E-state index contributed by atoms with van der Waals surface area (Å²) in [6.07, 6.45) is 3.58. The minimum absolute atomic E-state index is 0.625. The lowest BCUT2D eigenvalue weighted by Crippen LogP contribution is -2.31. The van der Waals surface area contributed by atoms with E-state index in [-0.39, 0.29) is 0 Å². The molecule has 1 nitrogen and oxygen atoms in total. The molecule has 0 aliphatic rings. The minimum Gasteiger partial charge on any atom is -0.314 e. The Morgan fingerprint density at radius 2 is 1.75 bits per heavy atom. The Bertz CT molecular complexity index is 297. The number of benzene rings is 1. The molecule has 1 unspecified atom stereocenters. The third-order valence-electron chi connectivity index (χ3n) is 3.27. The maximum absolute atomic E-state index is 3.62. The van der Waals surface area contributed by atoms with E-state index in [1.807, 2.05) is 0 Å². The van der Waals surface area contributed by atoms with Crippen molar-refractivity contribution in [2.24, 2.45) is 0 Å². The molecule has 1 aromatic rings. The molecule has 0 spiro atoms. The van der Waals surface area contributed by atoms with Gasteiger partial charge < -0.3 is 5.32 Å². The van der Waals surface area contributed by atoms with Gasteiger partial charge in [0.25, 0.3) is 0 Å². The van der Waals surface area contributed by atoms with Gasteiger partial charge in [-0.3, -0.25) is 0 Å². The Kier molecular flexibility index (Phi) is 5.54. The van der Waals surface area contributed by atoms with Gasteiger partial charge in [-0.15, -0.1) is 0 Å². The Balaban J connectivity index is 2.69. The second-order valence-electron chi connectivity index (χ2n) is 4.63. The highest BCUT2D eigenvalue weighted by molar-refractivity contribution is 5.34. The fraction of sp³-hybridized carbons (Fsp3) is 0.600. The number of hydrogen-bond acceptors (Lipinski definition) is 1. The van der Waals surface area contributed by atoms with E-state index in [9.17, 15) is 0 Å². The van der Waals surface area contributed by atoms with Crippen molar-refractivity contribution in [1.82, 2.24) is 5.32 Å². The predicted octanol–water partition coefficient (Wildman–Crippen LogP) is 3.62. The summed E-state index contributed by atoms with van der Waals surface area (Å²) in [4.78, 5) is 0. The van der Waals surface area contributed by atoms with E-state index in [0.717, 1.165) is 13.0 Å². The average molecular weight is 219 g/mol. The van der Waals surface area contributed by atoms with Crippen LogP contribution in [0.5, 0.6) is 0 Å². The van der Waals surface area contributed by atoms with Gasteiger partial charge in [-0.1, -0.05) is 32.0 Å². The van der Waals surface area contributed by atoms with Gasteiger partial charge in [0, 0.05) is 6.04 Å². The third-order valence-corrected chi connectivity index (χ3v) is 3.27. The van der Waals surface area contributed by atoms with Crippen molar-refractivity contribution in [3.8, 4) is 0 Å². The fourth-order valence-corrected chi connectivity index (χ4v) is 2.13. The number of aryl methyl sites for hydroxylation is 2. The summed E-state index contributed by atoms with van der Waals surface area (Å²) in [6.45, 7) is 10.0. The minimum atomic E-state index is 0.625. The lowest BCUT2D eigenvalue weighted by molar-refractivity contribution is 0.493. The summed E-state index contributed by atoms with van der Waals surface area (Å²) in [5.74, 6) is 0. The SMILES string of the molecule is CCCNC(CC)Cc1c(C)cccc1C. The van der Waals surface area contributed by atoms with Gasteiger partial charge in [-0.05, 0) is 56.3 Å². The van der Waals surface area contributed by atoms with E-state index in [2.05, 4.69) is 51.2 Å². The van der Waals surface area contributed by atoms with Crippen LogP contribution < -0.4 is 5.32 Å². The Hall–Kier alpha value is -0.820. The van der Waals surface area contributed by atoms with Gasteiger partial charge in [0.15, 0.2) is 0 Å². The molecule has 16 heavy (non-hydrogen) atoms. The van der Waals surface area contributed by atoms with Crippen molar-refractivity contribution < 1.29 is 0 Å². The molecule has 1 heteroatoms. The van der Waals surface area contributed by atoms with E-state index in [1.165, 1.54) is 29.5 Å². The van der Waals surface area contributed by atoms with E-state index in [0.29, 0.717) is 6.04 Å². The second kappa shape index (κ2) is 6.70. The quantitative estimate of drug-likeness (QED) is 0.770. The Morgan fingerprint density at radius 3 is 2.25 bits per heavy atom. The predicted molar refractivity (Wildman–Crippen MR) is 72.0 cm³/mol. The molecule has 0 bridgehead atoms. The Morgan fingerprint density at radius 1 is 1.12 bits per heavy atom.